The average Bonchev–Trinajstić information content (AvgIpc) is 2.81. The average molecular weight is 517 g/mol. The summed E-state index contributed by atoms with van der Waals surface area (Å²) in [6.07, 6.45) is 13.9. The van der Waals surface area contributed by atoms with E-state index in [1.54, 1.807) is 0 Å². The van der Waals surface area contributed by atoms with Crippen molar-refractivity contribution in [3.05, 3.63) is 46.1 Å². The second kappa shape index (κ2) is 15.4. The van der Waals surface area contributed by atoms with Crippen LogP contribution in [0.25, 0.3) is 0 Å². The molecule has 0 radical (unpaired) electrons. The van der Waals surface area contributed by atoms with Crippen molar-refractivity contribution in [3.8, 4) is 0 Å². The Morgan fingerprint density at radius 2 is 1.76 bits per heavy atom. The summed E-state index contributed by atoms with van der Waals surface area (Å²) in [5.41, 5.74) is 4.14. The third-order valence-corrected chi connectivity index (χ3v) is 8.35. The first-order valence-electron chi connectivity index (χ1n) is 13.9. The van der Waals surface area contributed by atoms with E-state index in [0.29, 0.717) is 25.7 Å². The largest absolute Gasteiger partial charge is 0.458 e. The highest BCUT2D eigenvalue weighted by atomic mass is 16.5. The Balaban J connectivity index is 3.10. The van der Waals surface area contributed by atoms with E-state index < -0.39 is 11.0 Å². The second-order valence-corrected chi connectivity index (χ2v) is 11.6. The molecule has 0 aromatic carbocycles. The maximum atomic E-state index is 11.8. The van der Waals surface area contributed by atoms with E-state index in [0.717, 1.165) is 55.1 Å². The Morgan fingerprint density at radius 3 is 2.32 bits per heavy atom. The zero-order valence-corrected chi connectivity index (χ0v) is 24.7. The zero-order chi connectivity index (χ0) is 28.2. The summed E-state index contributed by atoms with van der Waals surface area (Å²) >= 11 is 0. The summed E-state index contributed by atoms with van der Waals surface area (Å²) in [7, 11) is 0. The van der Waals surface area contributed by atoms with E-state index >= 15 is 0 Å². The third-order valence-electron chi connectivity index (χ3n) is 8.35. The smallest absolute Gasteiger partial charge is 0.303 e. The highest BCUT2D eigenvalue weighted by molar-refractivity contribution is 5.74. The van der Waals surface area contributed by atoms with Crippen molar-refractivity contribution in [2.75, 3.05) is 6.61 Å². The fraction of sp³-hybridized carbons (Fsp3) is 0.688. The molecule has 37 heavy (non-hydrogen) atoms. The van der Waals surface area contributed by atoms with Gasteiger partial charge < -0.3 is 14.9 Å². The molecular formula is C32H52O5. The Kier molecular flexibility index (Phi) is 13.8. The maximum Gasteiger partial charge on any atom is 0.303 e. The van der Waals surface area contributed by atoms with Gasteiger partial charge in [0.25, 0.3) is 0 Å². The van der Waals surface area contributed by atoms with Gasteiger partial charge >= 0.3 is 5.97 Å². The molecule has 0 amide bonds. The summed E-state index contributed by atoms with van der Waals surface area (Å²) < 4.78 is 5.66. The van der Waals surface area contributed by atoms with Crippen LogP contribution in [0.2, 0.25) is 0 Å². The first-order chi connectivity index (χ1) is 17.3. The Labute approximate surface area is 225 Å². The molecule has 0 aliphatic heterocycles. The minimum absolute atomic E-state index is 0.0259. The van der Waals surface area contributed by atoms with Gasteiger partial charge in [-0.15, -0.1) is 0 Å². The van der Waals surface area contributed by atoms with Crippen LogP contribution < -0.4 is 0 Å². The van der Waals surface area contributed by atoms with Crippen LogP contribution in [0, 0.1) is 11.3 Å². The number of aliphatic hydroxyl groups excluding tert-OH is 1. The van der Waals surface area contributed by atoms with E-state index in [4.69, 9.17) is 4.74 Å². The van der Waals surface area contributed by atoms with Gasteiger partial charge in [0.1, 0.15) is 12.4 Å². The van der Waals surface area contributed by atoms with Gasteiger partial charge in [0, 0.05) is 25.4 Å². The number of aldehydes is 1. The molecule has 2 N–H and O–H groups in total. The van der Waals surface area contributed by atoms with Crippen LogP contribution in [-0.2, 0) is 14.3 Å². The lowest BCUT2D eigenvalue weighted by atomic mass is 9.54. The number of rotatable bonds is 14. The minimum Gasteiger partial charge on any atom is -0.458 e. The molecule has 1 saturated carbocycles. The van der Waals surface area contributed by atoms with Crippen molar-refractivity contribution >= 4 is 12.3 Å². The molecule has 1 aliphatic rings. The van der Waals surface area contributed by atoms with E-state index in [1.165, 1.54) is 18.1 Å². The van der Waals surface area contributed by atoms with E-state index in [9.17, 15) is 19.8 Å². The van der Waals surface area contributed by atoms with Crippen LogP contribution in [0.4, 0.5) is 0 Å². The van der Waals surface area contributed by atoms with Crippen LogP contribution in [0.5, 0.6) is 0 Å². The SMILES string of the molecule is CC(=O)OC(CC=C(C)CCC=C(C)C)C(C)=CCCC1(C)C(CCCO)C(=C(C)C=O)CCC1(C)O. The molecule has 0 spiro atoms. The van der Waals surface area contributed by atoms with E-state index in [1.807, 2.05) is 20.8 Å². The number of carbonyl (C=O) groups is 2. The highest BCUT2D eigenvalue weighted by Gasteiger charge is 2.52. The molecule has 5 nitrogen and oxygen atoms in total. The molecule has 210 valence electrons. The van der Waals surface area contributed by atoms with Crippen molar-refractivity contribution in [2.45, 2.75) is 125 Å². The number of hydrogen-bond acceptors (Lipinski definition) is 5. The Morgan fingerprint density at radius 1 is 1.08 bits per heavy atom. The molecule has 1 aliphatic carbocycles. The van der Waals surface area contributed by atoms with Crippen molar-refractivity contribution in [1.29, 1.82) is 0 Å². The lowest BCUT2D eigenvalue weighted by molar-refractivity contribution is -0.144. The van der Waals surface area contributed by atoms with Crippen LogP contribution in [0.1, 0.15) is 113 Å². The third kappa shape index (κ3) is 10.0. The number of carbonyl (C=O) groups excluding carboxylic acids is 2. The fourth-order valence-corrected chi connectivity index (χ4v) is 5.63. The monoisotopic (exact) mass is 516 g/mol. The fourth-order valence-electron chi connectivity index (χ4n) is 5.63. The van der Waals surface area contributed by atoms with Gasteiger partial charge in [-0.1, -0.05) is 41.9 Å². The summed E-state index contributed by atoms with van der Waals surface area (Å²) in [6.45, 7) is 15.8. The Hall–Kier alpha value is -1.98. The standard InChI is InChI=1S/C32H52O5/c1-23(2)12-9-13-24(3)16-17-30(37-27(6)35)25(4)14-10-19-31(7)29(15-11-21-33)28(26(5)22-34)18-20-32(31,8)36/h12,14,16,22,29-30,33,36H,9-11,13,15,17-21H2,1-8H3. The number of ether oxygens (including phenoxy) is 1. The molecule has 1 rings (SSSR count). The van der Waals surface area contributed by atoms with Crippen molar-refractivity contribution in [3.63, 3.8) is 0 Å². The van der Waals surface area contributed by atoms with Crippen molar-refractivity contribution in [1.82, 2.24) is 0 Å². The molecule has 0 bridgehead atoms. The first-order valence-corrected chi connectivity index (χ1v) is 13.9. The van der Waals surface area contributed by atoms with Crippen LogP contribution >= 0.6 is 0 Å². The van der Waals surface area contributed by atoms with Gasteiger partial charge in [0.15, 0.2) is 0 Å². The van der Waals surface area contributed by atoms with Gasteiger partial charge in [-0.25, -0.2) is 0 Å². The van der Waals surface area contributed by atoms with Gasteiger partial charge in [-0.2, -0.15) is 0 Å². The van der Waals surface area contributed by atoms with Crippen molar-refractivity contribution < 1.29 is 24.5 Å². The molecule has 1 fully saturated rings. The summed E-state index contributed by atoms with van der Waals surface area (Å²) in [5.74, 6) is -0.267. The van der Waals surface area contributed by atoms with Crippen LogP contribution in [0.3, 0.4) is 0 Å². The number of esters is 1. The predicted molar refractivity (Wildman–Crippen MR) is 152 cm³/mol. The van der Waals surface area contributed by atoms with Crippen LogP contribution in [-0.4, -0.2) is 40.8 Å². The molecule has 4 atom stereocenters. The predicted octanol–water partition coefficient (Wildman–Crippen LogP) is 7.18. The highest BCUT2D eigenvalue weighted by Crippen LogP contribution is 2.55. The molecule has 0 aromatic rings. The summed E-state index contributed by atoms with van der Waals surface area (Å²) in [6, 6.07) is 0. The number of allylic oxidation sites excluding steroid dienone is 6. The molecular weight excluding hydrogens is 464 g/mol. The molecule has 0 saturated heterocycles. The number of aliphatic hydroxyl groups is 2. The first kappa shape index (κ1) is 33.0. The lowest BCUT2D eigenvalue weighted by Gasteiger charge is -2.53. The van der Waals surface area contributed by atoms with E-state index in [-0.39, 0.29) is 24.6 Å². The quantitative estimate of drug-likeness (QED) is 0.111. The molecule has 5 heteroatoms. The second-order valence-electron chi connectivity index (χ2n) is 11.6. The normalized spacial score (nSPS) is 26.9. The van der Waals surface area contributed by atoms with Crippen LogP contribution in [0.15, 0.2) is 46.1 Å². The molecule has 0 heterocycles. The van der Waals surface area contributed by atoms with Crippen molar-refractivity contribution in [2.24, 2.45) is 11.3 Å². The minimum atomic E-state index is -0.887. The van der Waals surface area contributed by atoms with Gasteiger partial charge in [-0.3, -0.25) is 9.59 Å². The molecule has 0 aromatic heterocycles. The number of hydrogen-bond donors (Lipinski definition) is 2. The van der Waals surface area contributed by atoms with E-state index in [2.05, 4.69) is 45.9 Å². The topological polar surface area (TPSA) is 83.8 Å². The molecule has 4 unspecified atom stereocenters. The van der Waals surface area contributed by atoms with Gasteiger partial charge in [0.2, 0.25) is 0 Å². The summed E-state index contributed by atoms with van der Waals surface area (Å²) in [4.78, 5) is 23.4. The Bertz CT molecular complexity index is 885. The van der Waals surface area contributed by atoms with Gasteiger partial charge in [0.05, 0.1) is 5.60 Å². The van der Waals surface area contributed by atoms with Gasteiger partial charge in [-0.05, 0) is 110 Å². The maximum absolute atomic E-state index is 11.8. The summed E-state index contributed by atoms with van der Waals surface area (Å²) in [5, 5.41) is 21.0. The zero-order valence-electron chi connectivity index (χ0n) is 24.7. The lowest BCUT2D eigenvalue weighted by Crippen LogP contribution is -2.52.